The number of methoxy groups -OCH3 is 1. The Labute approximate surface area is 203 Å². The predicted molar refractivity (Wildman–Crippen MR) is 128 cm³/mol. The number of nitrogens with zero attached hydrogens (tertiary/aromatic N) is 2. The molecule has 2 amide bonds. The van der Waals surface area contributed by atoms with Gasteiger partial charge in [-0.15, -0.1) is 0 Å². The summed E-state index contributed by atoms with van der Waals surface area (Å²) in [4.78, 5) is 38.6. The van der Waals surface area contributed by atoms with Gasteiger partial charge in [-0.05, 0) is 50.1 Å². The van der Waals surface area contributed by atoms with Crippen molar-refractivity contribution < 1.29 is 32.3 Å². The molecule has 2 aliphatic heterocycles. The number of para-hydroxylation sites is 2. The van der Waals surface area contributed by atoms with E-state index < -0.39 is 28.5 Å². The maximum absolute atomic E-state index is 13.4. The van der Waals surface area contributed by atoms with E-state index in [2.05, 4.69) is 5.32 Å². The summed E-state index contributed by atoms with van der Waals surface area (Å²) in [5.41, 5.74) is 0.959. The van der Waals surface area contributed by atoms with Crippen LogP contribution in [0, 0.1) is 0 Å². The molecule has 0 unspecified atom stereocenters. The summed E-state index contributed by atoms with van der Waals surface area (Å²) in [6, 6.07) is 10.6. The fraction of sp³-hybridized carbons (Fsp3) is 0.375. The Morgan fingerprint density at radius 2 is 1.91 bits per heavy atom. The van der Waals surface area contributed by atoms with Crippen molar-refractivity contribution >= 4 is 39.2 Å². The van der Waals surface area contributed by atoms with Gasteiger partial charge in [0.1, 0.15) is 17.2 Å². The number of ether oxygens (including phenoxy) is 2. The minimum absolute atomic E-state index is 0.0291. The maximum atomic E-state index is 13.4. The van der Waals surface area contributed by atoms with Crippen molar-refractivity contribution in [1.29, 1.82) is 0 Å². The van der Waals surface area contributed by atoms with Crippen LogP contribution in [0.25, 0.3) is 0 Å². The topological polar surface area (TPSA) is 122 Å². The molecular formula is C24H27N3O7S. The van der Waals surface area contributed by atoms with Crippen LogP contribution in [0.5, 0.6) is 5.75 Å². The average molecular weight is 502 g/mol. The standard InChI is InChI=1S/C24H27N3O7S/c1-16-7-5-6-12-27(16)35(31,32)21-13-17(10-11-20(21)33-2)24(30)34-15-23(29)26-14-22(28)25-18-8-3-4-9-19(18)26/h3-4,8-11,13,16H,5-7,12,14-15H2,1-2H3,(H,25,28)/t16-/m0/s1. The van der Waals surface area contributed by atoms with E-state index in [0.29, 0.717) is 17.9 Å². The van der Waals surface area contributed by atoms with Gasteiger partial charge in [-0.25, -0.2) is 13.2 Å². The number of fused-ring (bicyclic) bond motifs is 1. The number of carbonyl (C=O) groups excluding carboxylic acids is 3. The summed E-state index contributed by atoms with van der Waals surface area (Å²) in [5, 5.41) is 2.68. The highest BCUT2D eigenvalue weighted by molar-refractivity contribution is 7.89. The van der Waals surface area contributed by atoms with Crippen LogP contribution in [0.15, 0.2) is 47.4 Å². The average Bonchev–Trinajstić information content (AvgIpc) is 2.86. The molecular weight excluding hydrogens is 474 g/mol. The summed E-state index contributed by atoms with van der Waals surface area (Å²) in [5.74, 6) is -1.69. The number of nitrogens with one attached hydrogen (secondary N) is 1. The van der Waals surface area contributed by atoms with Crippen molar-refractivity contribution in [3.05, 3.63) is 48.0 Å². The smallest absolute Gasteiger partial charge is 0.338 e. The zero-order valence-corrected chi connectivity index (χ0v) is 20.3. The second kappa shape index (κ2) is 10.0. The zero-order chi connectivity index (χ0) is 25.2. The minimum atomic E-state index is -3.92. The number of benzene rings is 2. The quantitative estimate of drug-likeness (QED) is 0.603. The Kier molecular flexibility index (Phi) is 7.08. The molecule has 2 aliphatic rings. The van der Waals surface area contributed by atoms with Crippen LogP contribution >= 0.6 is 0 Å². The van der Waals surface area contributed by atoms with E-state index in [1.54, 1.807) is 24.3 Å². The van der Waals surface area contributed by atoms with Crippen LogP contribution in [-0.2, 0) is 24.3 Å². The molecule has 1 fully saturated rings. The highest BCUT2D eigenvalue weighted by atomic mass is 32.2. The normalized spacial score (nSPS) is 18.4. The van der Waals surface area contributed by atoms with Gasteiger partial charge in [-0.1, -0.05) is 18.6 Å². The SMILES string of the molecule is COc1ccc(C(=O)OCC(=O)N2CC(=O)Nc3ccccc32)cc1S(=O)(=O)N1CCCC[C@@H]1C. The fourth-order valence-corrected chi connectivity index (χ4v) is 6.19. The number of amides is 2. The van der Waals surface area contributed by atoms with Crippen LogP contribution in [0.2, 0.25) is 0 Å². The number of sulfonamides is 1. The number of rotatable bonds is 6. The fourth-order valence-electron chi connectivity index (χ4n) is 4.30. The molecule has 186 valence electrons. The minimum Gasteiger partial charge on any atom is -0.495 e. The lowest BCUT2D eigenvalue weighted by molar-refractivity contribution is -0.124. The molecule has 1 N–H and O–H groups in total. The Morgan fingerprint density at radius 1 is 1.14 bits per heavy atom. The highest BCUT2D eigenvalue weighted by Crippen LogP contribution is 2.32. The Morgan fingerprint density at radius 3 is 2.66 bits per heavy atom. The molecule has 0 spiro atoms. The molecule has 2 aromatic rings. The lowest BCUT2D eigenvalue weighted by Crippen LogP contribution is -2.44. The van der Waals surface area contributed by atoms with Crippen molar-refractivity contribution in [1.82, 2.24) is 4.31 Å². The van der Waals surface area contributed by atoms with Crippen molar-refractivity contribution in [2.45, 2.75) is 37.1 Å². The van der Waals surface area contributed by atoms with E-state index in [1.165, 1.54) is 34.5 Å². The van der Waals surface area contributed by atoms with Gasteiger partial charge < -0.3 is 14.8 Å². The highest BCUT2D eigenvalue weighted by Gasteiger charge is 2.34. The summed E-state index contributed by atoms with van der Waals surface area (Å²) < 4.78 is 38.6. The molecule has 1 saturated heterocycles. The third-order valence-corrected chi connectivity index (χ3v) is 8.16. The zero-order valence-electron chi connectivity index (χ0n) is 19.5. The molecule has 2 heterocycles. The Bertz CT molecular complexity index is 1260. The molecule has 0 bridgehead atoms. The van der Waals surface area contributed by atoms with E-state index in [9.17, 15) is 22.8 Å². The number of hydrogen-bond donors (Lipinski definition) is 1. The lowest BCUT2D eigenvalue weighted by Gasteiger charge is -2.32. The Balaban J connectivity index is 1.52. The van der Waals surface area contributed by atoms with E-state index in [4.69, 9.17) is 9.47 Å². The molecule has 1 atom stereocenters. The lowest BCUT2D eigenvalue weighted by atomic mass is 10.1. The number of esters is 1. The summed E-state index contributed by atoms with van der Waals surface area (Å²) in [6.07, 6.45) is 2.46. The van der Waals surface area contributed by atoms with Gasteiger partial charge in [0.2, 0.25) is 15.9 Å². The molecule has 11 heteroatoms. The number of carbonyl (C=O) groups is 3. The van der Waals surface area contributed by atoms with Crippen molar-refractivity contribution in [3.63, 3.8) is 0 Å². The van der Waals surface area contributed by atoms with Gasteiger partial charge >= 0.3 is 5.97 Å². The second-order valence-electron chi connectivity index (χ2n) is 8.45. The van der Waals surface area contributed by atoms with Crippen LogP contribution in [0.3, 0.4) is 0 Å². The third-order valence-electron chi connectivity index (χ3n) is 6.13. The Hall–Kier alpha value is -3.44. The first-order valence-electron chi connectivity index (χ1n) is 11.3. The van der Waals surface area contributed by atoms with Gasteiger partial charge in [-0.3, -0.25) is 14.5 Å². The van der Waals surface area contributed by atoms with Crippen molar-refractivity contribution in [3.8, 4) is 5.75 Å². The molecule has 0 aliphatic carbocycles. The first-order valence-corrected chi connectivity index (χ1v) is 12.7. The van der Waals surface area contributed by atoms with Crippen LogP contribution in [0.4, 0.5) is 11.4 Å². The van der Waals surface area contributed by atoms with E-state index >= 15 is 0 Å². The van der Waals surface area contributed by atoms with Gasteiger partial charge in [0, 0.05) is 12.6 Å². The molecule has 2 aromatic carbocycles. The number of anilines is 2. The third kappa shape index (κ3) is 5.01. The number of piperidine rings is 1. The molecule has 0 saturated carbocycles. The van der Waals surface area contributed by atoms with E-state index in [0.717, 1.165) is 19.3 Å². The number of hydrogen-bond acceptors (Lipinski definition) is 7. The van der Waals surface area contributed by atoms with Crippen LogP contribution in [0.1, 0.15) is 36.5 Å². The molecule has 10 nitrogen and oxygen atoms in total. The van der Waals surface area contributed by atoms with Crippen molar-refractivity contribution in [2.24, 2.45) is 0 Å². The van der Waals surface area contributed by atoms with E-state index in [-0.39, 0.29) is 34.7 Å². The molecule has 4 rings (SSSR count). The summed E-state index contributed by atoms with van der Waals surface area (Å²) >= 11 is 0. The van der Waals surface area contributed by atoms with Crippen LogP contribution in [-0.4, -0.2) is 63.4 Å². The molecule has 35 heavy (non-hydrogen) atoms. The van der Waals surface area contributed by atoms with Crippen molar-refractivity contribution in [2.75, 3.05) is 37.0 Å². The van der Waals surface area contributed by atoms with Gasteiger partial charge in [-0.2, -0.15) is 4.31 Å². The maximum Gasteiger partial charge on any atom is 0.338 e. The first-order chi connectivity index (χ1) is 16.7. The summed E-state index contributed by atoms with van der Waals surface area (Å²) in [7, 11) is -2.56. The predicted octanol–water partition coefficient (Wildman–Crippen LogP) is 2.40. The van der Waals surface area contributed by atoms with E-state index in [1.807, 2.05) is 6.92 Å². The summed E-state index contributed by atoms with van der Waals surface area (Å²) in [6.45, 7) is 1.43. The second-order valence-corrected chi connectivity index (χ2v) is 10.3. The van der Waals surface area contributed by atoms with Gasteiger partial charge in [0.05, 0.1) is 24.0 Å². The monoisotopic (exact) mass is 501 g/mol. The van der Waals surface area contributed by atoms with Gasteiger partial charge in [0.15, 0.2) is 6.61 Å². The first kappa shape index (κ1) is 24.7. The molecule has 0 radical (unpaired) electrons. The molecule has 0 aromatic heterocycles. The van der Waals surface area contributed by atoms with Crippen LogP contribution < -0.4 is 15.0 Å². The largest absolute Gasteiger partial charge is 0.495 e. The van der Waals surface area contributed by atoms with Gasteiger partial charge in [0.25, 0.3) is 5.91 Å².